The maximum atomic E-state index is 12.4. The first kappa shape index (κ1) is 21.1. The van der Waals surface area contributed by atoms with Crippen molar-refractivity contribution in [1.29, 1.82) is 0 Å². The van der Waals surface area contributed by atoms with Crippen molar-refractivity contribution >= 4 is 35.2 Å². The summed E-state index contributed by atoms with van der Waals surface area (Å²) in [5.74, 6) is 0.882. The van der Waals surface area contributed by atoms with E-state index in [0.29, 0.717) is 41.5 Å². The zero-order valence-electron chi connectivity index (χ0n) is 17.0. The minimum atomic E-state index is -0.228. The Balaban J connectivity index is 1.45. The highest BCUT2D eigenvalue weighted by Gasteiger charge is 2.34. The Kier molecular flexibility index (Phi) is 6.75. The van der Waals surface area contributed by atoms with Gasteiger partial charge in [-0.25, -0.2) is 0 Å². The van der Waals surface area contributed by atoms with E-state index in [1.807, 2.05) is 25.1 Å². The van der Waals surface area contributed by atoms with E-state index in [4.69, 9.17) is 0 Å². The minimum Gasteiger partial charge on any atom is -0.325 e. The number of para-hydroxylation sites is 1. The summed E-state index contributed by atoms with van der Waals surface area (Å²) in [5, 5.41) is 3.04. The number of carbonyl (C=O) groups excluding carboxylic acids is 3. The van der Waals surface area contributed by atoms with Crippen molar-refractivity contribution in [2.24, 2.45) is 0 Å². The van der Waals surface area contributed by atoms with Gasteiger partial charge >= 0.3 is 0 Å². The van der Waals surface area contributed by atoms with Gasteiger partial charge in [0.05, 0.1) is 16.9 Å². The average molecular weight is 411 g/mol. The Bertz CT molecular complexity index is 904. The van der Waals surface area contributed by atoms with Crippen LogP contribution < -0.4 is 5.32 Å². The number of thioether (sulfide) groups is 1. The quantitative estimate of drug-likeness (QED) is 0.515. The van der Waals surface area contributed by atoms with Crippen LogP contribution in [-0.2, 0) is 4.79 Å². The summed E-state index contributed by atoms with van der Waals surface area (Å²) in [6.45, 7) is 6.59. The number of benzene rings is 2. The number of nitrogens with one attached hydrogen (secondary N) is 1. The molecule has 1 N–H and O–H groups in total. The van der Waals surface area contributed by atoms with Gasteiger partial charge in [-0.3, -0.25) is 19.3 Å². The van der Waals surface area contributed by atoms with Crippen molar-refractivity contribution in [3.63, 3.8) is 0 Å². The van der Waals surface area contributed by atoms with Crippen LogP contribution >= 0.6 is 11.8 Å². The number of nitrogens with zero attached hydrogens (tertiary/aromatic N) is 1. The topological polar surface area (TPSA) is 66.5 Å². The van der Waals surface area contributed by atoms with E-state index in [0.717, 1.165) is 16.8 Å². The van der Waals surface area contributed by atoms with Gasteiger partial charge in [-0.15, -0.1) is 0 Å². The molecule has 1 heterocycles. The second-order valence-corrected chi connectivity index (χ2v) is 8.56. The standard InChI is InChI=1S/C23H26N2O3S/c1-15(2)17-11-6-8-16(3)21(17)24-20(26)14-29-13-7-12-25-22(27)18-9-4-5-10-19(18)23(25)28/h4-6,8-11,15H,7,12-14H2,1-3H3,(H,24,26). The Morgan fingerprint density at radius 3 is 2.31 bits per heavy atom. The lowest BCUT2D eigenvalue weighted by Gasteiger charge is -2.16. The lowest BCUT2D eigenvalue weighted by atomic mass is 9.98. The van der Waals surface area contributed by atoms with Gasteiger partial charge < -0.3 is 5.32 Å². The number of imide groups is 1. The third-order valence-electron chi connectivity index (χ3n) is 4.97. The van der Waals surface area contributed by atoms with E-state index >= 15 is 0 Å². The molecule has 5 nitrogen and oxygen atoms in total. The number of carbonyl (C=O) groups is 3. The summed E-state index contributed by atoms with van der Waals surface area (Å²) in [4.78, 5) is 38.3. The van der Waals surface area contributed by atoms with Crippen molar-refractivity contribution in [2.75, 3.05) is 23.4 Å². The molecule has 3 rings (SSSR count). The highest BCUT2D eigenvalue weighted by atomic mass is 32.2. The Morgan fingerprint density at radius 2 is 1.69 bits per heavy atom. The smallest absolute Gasteiger partial charge is 0.261 e. The lowest BCUT2D eigenvalue weighted by Crippen LogP contribution is -2.31. The lowest BCUT2D eigenvalue weighted by molar-refractivity contribution is -0.113. The maximum Gasteiger partial charge on any atom is 0.261 e. The fourth-order valence-electron chi connectivity index (χ4n) is 3.45. The summed E-state index contributed by atoms with van der Waals surface area (Å²) < 4.78 is 0. The summed E-state index contributed by atoms with van der Waals surface area (Å²) in [7, 11) is 0. The summed E-state index contributed by atoms with van der Waals surface area (Å²) >= 11 is 1.51. The van der Waals surface area contributed by atoms with Gasteiger partial charge in [-0.1, -0.05) is 44.2 Å². The highest BCUT2D eigenvalue weighted by Crippen LogP contribution is 2.27. The van der Waals surface area contributed by atoms with Gasteiger partial charge in [0, 0.05) is 12.2 Å². The van der Waals surface area contributed by atoms with Crippen LogP contribution in [0.5, 0.6) is 0 Å². The Hall–Kier alpha value is -2.60. The maximum absolute atomic E-state index is 12.4. The largest absolute Gasteiger partial charge is 0.325 e. The van der Waals surface area contributed by atoms with Crippen LogP contribution in [0, 0.1) is 6.92 Å². The van der Waals surface area contributed by atoms with Crippen LogP contribution in [0.15, 0.2) is 42.5 Å². The van der Waals surface area contributed by atoms with Crippen molar-refractivity contribution in [3.8, 4) is 0 Å². The molecule has 0 bridgehead atoms. The molecule has 0 spiro atoms. The molecule has 152 valence electrons. The molecule has 0 unspecified atom stereocenters. The molecule has 29 heavy (non-hydrogen) atoms. The first-order chi connectivity index (χ1) is 13.9. The van der Waals surface area contributed by atoms with E-state index in [9.17, 15) is 14.4 Å². The molecule has 0 radical (unpaired) electrons. The number of aryl methyl sites for hydroxylation is 1. The molecule has 0 atom stereocenters. The van der Waals surface area contributed by atoms with Gasteiger partial charge in [-0.05, 0) is 48.3 Å². The number of amides is 3. The van der Waals surface area contributed by atoms with Crippen LogP contribution in [0.1, 0.15) is 58.0 Å². The molecule has 0 aliphatic carbocycles. The minimum absolute atomic E-state index is 0.0352. The van der Waals surface area contributed by atoms with Crippen molar-refractivity contribution in [1.82, 2.24) is 4.90 Å². The number of hydrogen-bond acceptors (Lipinski definition) is 4. The average Bonchev–Trinajstić information content (AvgIpc) is 2.94. The molecule has 2 aromatic carbocycles. The van der Waals surface area contributed by atoms with E-state index in [1.54, 1.807) is 24.3 Å². The monoisotopic (exact) mass is 410 g/mol. The molecular formula is C23H26N2O3S. The Labute approximate surface area is 175 Å². The van der Waals surface area contributed by atoms with Crippen molar-refractivity contribution < 1.29 is 14.4 Å². The van der Waals surface area contributed by atoms with E-state index in [2.05, 4.69) is 19.2 Å². The number of anilines is 1. The van der Waals surface area contributed by atoms with Gasteiger partial charge in [0.2, 0.25) is 5.91 Å². The van der Waals surface area contributed by atoms with Gasteiger partial charge in [-0.2, -0.15) is 11.8 Å². The zero-order valence-corrected chi connectivity index (χ0v) is 17.8. The van der Waals surface area contributed by atoms with Gasteiger partial charge in [0.25, 0.3) is 11.8 Å². The molecule has 1 aliphatic rings. The van der Waals surface area contributed by atoms with Crippen molar-refractivity contribution in [3.05, 3.63) is 64.7 Å². The Morgan fingerprint density at radius 1 is 1.03 bits per heavy atom. The predicted octanol–water partition coefficient (Wildman–Crippen LogP) is 4.48. The molecule has 3 amide bonds. The van der Waals surface area contributed by atoms with Crippen LogP contribution in [0.4, 0.5) is 5.69 Å². The second-order valence-electron chi connectivity index (χ2n) is 7.46. The molecular weight excluding hydrogens is 384 g/mol. The molecule has 0 saturated heterocycles. The van der Waals surface area contributed by atoms with E-state index < -0.39 is 0 Å². The molecule has 6 heteroatoms. The summed E-state index contributed by atoms with van der Waals surface area (Å²) in [6.07, 6.45) is 0.658. The van der Waals surface area contributed by atoms with Crippen LogP contribution in [0.25, 0.3) is 0 Å². The molecule has 0 fully saturated rings. The van der Waals surface area contributed by atoms with Crippen molar-refractivity contribution in [2.45, 2.75) is 33.1 Å². The highest BCUT2D eigenvalue weighted by molar-refractivity contribution is 7.99. The predicted molar refractivity (Wildman–Crippen MR) is 118 cm³/mol. The summed E-state index contributed by atoms with van der Waals surface area (Å²) in [5.41, 5.74) is 4.04. The molecule has 2 aromatic rings. The zero-order chi connectivity index (χ0) is 21.0. The van der Waals surface area contributed by atoms with E-state index in [1.165, 1.54) is 16.7 Å². The second kappa shape index (κ2) is 9.27. The molecule has 0 aromatic heterocycles. The fourth-order valence-corrected chi connectivity index (χ4v) is 4.18. The van der Waals surface area contributed by atoms with Gasteiger partial charge in [0.15, 0.2) is 0 Å². The first-order valence-electron chi connectivity index (χ1n) is 9.82. The molecule has 0 saturated carbocycles. The summed E-state index contributed by atoms with van der Waals surface area (Å²) in [6, 6.07) is 13.0. The normalized spacial score (nSPS) is 13.2. The third-order valence-corrected chi connectivity index (χ3v) is 6.02. The third kappa shape index (κ3) is 4.70. The SMILES string of the molecule is Cc1cccc(C(C)C)c1NC(=O)CSCCCN1C(=O)c2ccccc2C1=O. The molecule has 1 aliphatic heterocycles. The number of fused-ring (bicyclic) bond motifs is 1. The van der Waals surface area contributed by atoms with Crippen LogP contribution in [-0.4, -0.2) is 40.7 Å². The van der Waals surface area contributed by atoms with Crippen LogP contribution in [0.2, 0.25) is 0 Å². The van der Waals surface area contributed by atoms with E-state index in [-0.39, 0.29) is 17.7 Å². The first-order valence-corrected chi connectivity index (χ1v) is 11.0. The number of rotatable bonds is 8. The fraction of sp³-hybridized carbons (Fsp3) is 0.348. The van der Waals surface area contributed by atoms with Crippen LogP contribution in [0.3, 0.4) is 0 Å². The van der Waals surface area contributed by atoms with Gasteiger partial charge in [0.1, 0.15) is 0 Å². The number of hydrogen-bond donors (Lipinski definition) is 1.